The summed E-state index contributed by atoms with van der Waals surface area (Å²) in [6, 6.07) is 8.38. The van der Waals surface area contributed by atoms with Gasteiger partial charge in [-0.25, -0.2) is 0 Å². The third-order valence-corrected chi connectivity index (χ3v) is 4.72. The van der Waals surface area contributed by atoms with Crippen LogP contribution in [0.15, 0.2) is 41.6 Å². The van der Waals surface area contributed by atoms with Crippen LogP contribution < -0.4 is 0 Å². The molecule has 18 heavy (non-hydrogen) atoms. The quantitative estimate of drug-likeness (QED) is 0.922. The highest BCUT2D eigenvalue weighted by Gasteiger charge is 2.29. The standard InChI is InChI=1S/C14H16N2OS/c1-2-16-9-11(8-15-16)14(17)13-7-10-5-3-4-6-12(10)18-13/h3-6,8-9,13-14,17H,2,7H2,1H3. The third kappa shape index (κ3) is 2.06. The van der Waals surface area contributed by atoms with Gasteiger partial charge in [-0.15, -0.1) is 11.8 Å². The Kier molecular flexibility index (Phi) is 3.14. The number of fused-ring (bicyclic) bond motifs is 1. The lowest BCUT2D eigenvalue weighted by atomic mass is 10.0. The van der Waals surface area contributed by atoms with Crippen molar-refractivity contribution in [2.45, 2.75) is 36.1 Å². The van der Waals surface area contributed by atoms with E-state index < -0.39 is 6.10 Å². The zero-order valence-electron chi connectivity index (χ0n) is 10.3. The highest BCUT2D eigenvalue weighted by Crippen LogP contribution is 2.42. The van der Waals surface area contributed by atoms with Crippen molar-refractivity contribution in [3.8, 4) is 0 Å². The van der Waals surface area contributed by atoms with Crippen LogP contribution in [0.4, 0.5) is 0 Å². The fourth-order valence-corrected chi connectivity index (χ4v) is 3.64. The molecule has 1 aromatic heterocycles. The number of aliphatic hydroxyl groups excluding tert-OH is 1. The second-order valence-corrected chi connectivity index (χ2v) is 5.82. The molecule has 3 nitrogen and oxygen atoms in total. The van der Waals surface area contributed by atoms with Crippen LogP contribution in [0, 0.1) is 0 Å². The smallest absolute Gasteiger partial charge is 0.0945 e. The van der Waals surface area contributed by atoms with Gasteiger partial charge in [0, 0.05) is 28.5 Å². The maximum atomic E-state index is 10.4. The fraction of sp³-hybridized carbons (Fsp3) is 0.357. The predicted octanol–water partition coefficient (Wildman–Crippen LogP) is 2.65. The van der Waals surface area contributed by atoms with Gasteiger partial charge >= 0.3 is 0 Å². The molecule has 3 rings (SSSR count). The van der Waals surface area contributed by atoms with Crippen molar-refractivity contribution >= 4 is 11.8 Å². The average Bonchev–Trinajstić information content (AvgIpc) is 3.04. The Hall–Kier alpha value is -1.26. The van der Waals surface area contributed by atoms with Crippen molar-refractivity contribution in [3.63, 3.8) is 0 Å². The minimum Gasteiger partial charge on any atom is -0.387 e. The van der Waals surface area contributed by atoms with Crippen LogP contribution in [0.1, 0.15) is 24.2 Å². The van der Waals surface area contributed by atoms with E-state index in [2.05, 4.69) is 29.4 Å². The Balaban J connectivity index is 1.77. The normalized spacial score (nSPS) is 19.8. The molecule has 0 amide bonds. The van der Waals surface area contributed by atoms with E-state index in [1.54, 1.807) is 18.0 Å². The molecule has 0 radical (unpaired) electrons. The third-order valence-electron chi connectivity index (χ3n) is 3.34. The van der Waals surface area contributed by atoms with Gasteiger partial charge < -0.3 is 5.11 Å². The van der Waals surface area contributed by atoms with E-state index in [0.29, 0.717) is 0 Å². The predicted molar refractivity (Wildman–Crippen MR) is 72.7 cm³/mol. The van der Waals surface area contributed by atoms with Crippen molar-refractivity contribution in [2.24, 2.45) is 0 Å². The average molecular weight is 260 g/mol. The summed E-state index contributed by atoms with van der Waals surface area (Å²) in [6.07, 6.45) is 4.20. The molecular formula is C14H16N2OS. The van der Waals surface area contributed by atoms with Crippen LogP contribution in [0.5, 0.6) is 0 Å². The summed E-state index contributed by atoms with van der Waals surface area (Å²) in [5.74, 6) is 0. The van der Waals surface area contributed by atoms with Crippen molar-refractivity contribution in [3.05, 3.63) is 47.8 Å². The van der Waals surface area contributed by atoms with E-state index in [0.717, 1.165) is 18.5 Å². The van der Waals surface area contributed by atoms with Gasteiger partial charge in [0.2, 0.25) is 0 Å². The van der Waals surface area contributed by atoms with Crippen molar-refractivity contribution < 1.29 is 5.11 Å². The van der Waals surface area contributed by atoms with Crippen molar-refractivity contribution in [1.82, 2.24) is 9.78 Å². The van der Waals surface area contributed by atoms with E-state index in [9.17, 15) is 5.11 Å². The highest BCUT2D eigenvalue weighted by molar-refractivity contribution is 8.00. The largest absolute Gasteiger partial charge is 0.387 e. The van der Waals surface area contributed by atoms with Crippen LogP contribution in [-0.2, 0) is 13.0 Å². The number of aliphatic hydroxyl groups is 1. The first kappa shape index (κ1) is 11.8. The number of benzene rings is 1. The van der Waals surface area contributed by atoms with E-state index in [1.807, 2.05) is 17.8 Å². The maximum Gasteiger partial charge on any atom is 0.0945 e. The molecule has 0 bridgehead atoms. The zero-order valence-corrected chi connectivity index (χ0v) is 11.1. The van der Waals surface area contributed by atoms with Gasteiger partial charge in [0.15, 0.2) is 0 Å². The Bertz CT molecular complexity index is 527. The first-order valence-electron chi connectivity index (χ1n) is 6.23. The number of hydrogen-bond donors (Lipinski definition) is 1. The van der Waals surface area contributed by atoms with Gasteiger partial charge in [-0.1, -0.05) is 18.2 Å². The van der Waals surface area contributed by atoms with Crippen LogP contribution in [0.3, 0.4) is 0 Å². The number of rotatable bonds is 3. The molecule has 1 aliphatic heterocycles. The Morgan fingerprint density at radius 1 is 1.50 bits per heavy atom. The molecule has 1 aromatic carbocycles. The summed E-state index contributed by atoms with van der Waals surface area (Å²) < 4.78 is 1.85. The number of nitrogens with zero attached hydrogens (tertiary/aromatic N) is 2. The number of hydrogen-bond acceptors (Lipinski definition) is 3. The minimum absolute atomic E-state index is 0.205. The molecule has 94 valence electrons. The van der Waals surface area contributed by atoms with Crippen LogP contribution >= 0.6 is 11.8 Å². The van der Waals surface area contributed by atoms with Gasteiger partial charge in [0.25, 0.3) is 0 Å². The van der Waals surface area contributed by atoms with Gasteiger partial charge in [-0.3, -0.25) is 4.68 Å². The molecule has 1 N–H and O–H groups in total. The van der Waals surface area contributed by atoms with Crippen LogP contribution in [-0.4, -0.2) is 20.1 Å². The van der Waals surface area contributed by atoms with Crippen molar-refractivity contribution in [1.29, 1.82) is 0 Å². The van der Waals surface area contributed by atoms with E-state index in [1.165, 1.54) is 10.5 Å². The molecule has 0 spiro atoms. The molecule has 2 aromatic rings. The number of aryl methyl sites for hydroxylation is 1. The van der Waals surface area contributed by atoms with E-state index in [4.69, 9.17) is 0 Å². The van der Waals surface area contributed by atoms with Gasteiger partial charge in [0.1, 0.15) is 0 Å². The Morgan fingerprint density at radius 2 is 2.33 bits per heavy atom. The Morgan fingerprint density at radius 3 is 3.06 bits per heavy atom. The fourth-order valence-electron chi connectivity index (χ4n) is 2.30. The molecule has 2 unspecified atom stereocenters. The molecule has 0 saturated heterocycles. The first-order valence-corrected chi connectivity index (χ1v) is 7.11. The highest BCUT2D eigenvalue weighted by atomic mass is 32.2. The SMILES string of the molecule is CCn1cc(C(O)C2Cc3ccccc3S2)cn1. The first-order chi connectivity index (χ1) is 8.78. The molecular weight excluding hydrogens is 244 g/mol. The lowest BCUT2D eigenvalue weighted by Crippen LogP contribution is -2.13. The molecule has 0 saturated carbocycles. The molecule has 2 atom stereocenters. The summed E-state index contributed by atoms with van der Waals surface area (Å²) >= 11 is 1.77. The minimum atomic E-state index is -0.442. The molecule has 2 heterocycles. The summed E-state index contributed by atoms with van der Waals surface area (Å²) in [4.78, 5) is 1.30. The molecule has 1 aliphatic rings. The van der Waals surface area contributed by atoms with E-state index >= 15 is 0 Å². The monoisotopic (exact) mass is 260 g/mol. The summed E-state index contributed by atoms with van der Waals surface area (Å²) in [5.41, 5.74) is 2.26. The summed E-state index contributed by atoms with van der Waals surface area (Å²) in [5, 5.41) is 14.9. The maximum absolute atomic E-state index is 10.4. The molecule has 0 aliphatic carbocycles. The lowest BCUT2D eigenvalue weighted by molar-refractivity contribution is 0.175. The van der Waals surface area contributed by atoms with Crippen molar-refractivity contribution in [2.75, 3.05) is 0 Å². The van der Waals surface area contributed by atoms with Gasteiger partial charge in [-0.2, -0.15) is 5.10 Å². The summed E-state index contributed by atoms with van der Waals surface area (Å²) in [7, 11) is 0. The Labute approximate surface area is 111 Å². The zero-order chi connectivity index (χ0) is 12.5. The van der Waals surface area contributed by atoms with Gasteiger partial charge in [-0.05, 0) is 25.0 Å². The number of thioether (sulfide) groups is 1. The summed E-state index contributed by atoms with van der Waals surface area (Å²) in [6.45, 7) is 2.88. The lowest BCUT2D eigenvalue weighted by Gasteiger charge is -2.15. The van der Waals surface area contributed by atoms with Crippen LogP contribution in [0.25, 0.3) is 0 Å². The van der Waals surface area contributed by atoms with Crippen LogP contribution in [0.2, 0.25) is 0 Å². The molecule has 4 heteroatoms. The van der Waals surface area contributed by atoms with Gasteiger partial charge in [0.05, 0.1) is 12.3 Å². The molecule has 0 fully saturated rings. The second-order valence-electron chi connectivity index (χ2n) is 4.54. The topological polar surface area (TPSA) is 38.0 Å². The van der Waals surface area contributed by atoms with E-state index in [-0.39, 0.29) is 5.25 Å². The number of aromatic nitrogens is 2. The second kappa shape index (κ2) is 4.78.